The Balaban J connectivity index is 1.74. The highest BCUT2D eigenvalue weighted by molar-refractivity contribution is 6.34. The predicted molar refractivity (Wildman–Crippen MR) is 207 cm³/mol. The third-order valence-electron chi connectivity index (χ3n) is 9.80. The summed E-state index contributed by atoms with van der Waals surface area (Å²) in [5, 5.41) is 5.67. The van der Waals surface area contributed by atoms with Gasteiger partial charge in [-0.25, -0.2) is 8.78 Å². The van der Waals surface area contributed by atoms with E-state index in [1.807, 2.05) is 72.8 Å². The van der Waals surface area contributed by atoms with E-state index in [2.05, 4.69) is 36.4 Å². The highest BCUT2D eigenvalue weighted by Gasteiger charge is 2.27. The standard InChI is InChI=1S/C46H34F2O4/c1-49-33-17-9-29(10-18-33)41-37-23-21-35(51-3)25-39(37)44(28-7-15-32(48)16-8-28)46-42(30-11-19-34(50-2)20-12-30)38-24-22-36(52-4)26-40(38)43(45(41)46)27-5-13-31(47)14-6-27/h5-26H,1-4H3. The number of methoxy groups -OCH3 is 4. The lowest BCUT2D eigenvalue weighted by Crippen LogP contribution is -1.99. The molecule has 52 heavy (non-hydrogen) atoms. The van der Waals surface area contributed by atoms with Crippen molar-refractivity contribution in [3.05, 3.63) is 145 Å². The van der Waals surface area contributed by atoms with Crippen LogP contribution in [0.4, 0.5) is 8.78 Å². The number of ether oxygens (including phenoxy) is 4. The number of hydrogen-bond acceptors (Lipinski definition) is 4. The van der Waals surface area contributed by atoms with Crippen LogP contribution in [0, 0.1) is 11.6 Å². The molecule has 0 aliphatic heterocycles. The van der Waals surface area contributed by atoms with E-state index in [4.69, 9.17) is 18.9 Å². The highest BCUT2D eigenvalue weighted by atomic mass is 19.1. The molecule has 0 aliphatic carbocycles. The van der Waals surface area contributed by atoms with Gasteiger partial charge in [-0.1, -0.05) is 60.7 Å². The van der Waals surface area contributed by atoms with Gasteiger partial charge in [-0.05, 0) is 150 Å². The van der Waals surface area contributed by atoms with Gasteiger partial charge >= 0.3 is 0 Å². The first-order chi connectivity index (χ1) is 25.4. The topological polar surface area (TPSA) is 36.9 Å². The fourth-order valence-corrected chi connectivity index (χ4v) is 7.39. The molecule has 0 spiro atoms. The van der Waals surface area contributed by atoms with E-state index in [1.165, 1.54) is 24.3 Å². The summed E-state index contributed by atoms with van der Waals surface area (Å²) in [6.07, 6.45) is 0. The van der Waals surface area contributed by atoms with Crippen LogP contribution in [0.2, 0.25) is 0 Å². The van der Waals surface area contributed by atoms with Crippen molar-refractivity contribution < 1.29 is 27.7 Å². The van der Waals surface area contributed by atoms with Gasteiger partial charge in [0, 0.05) is 0 Å². The lowest BCUT2D eigenvalue weighted by atomic mass is 9.77. The van der Waals surface area contributed by atoms with Crippen molar-refractivity contribution in [1.29, 1.82) is 0 Å². The molecule has 0 saturated carbocycles. The van der Waals surface area contributed by atoms with Gasteiger partial charge in [0.25, 0.3) is 0 Å². The summed E-state index contributed by atoms with van der Waals surface area (Å²) in [4.78, 5) is 0. The number of hydrogen-bond donors (Lipinski definition) is 0. The largest absolute Gasteiger partial charge is 0.497 e. The summed E-state index contributed by atoms with van der Waals surface area (Å²) in [7, 11) is 6.61. The summed E-state index contributed by atoms with van der Waals surface area (Å²) in [6.45, 7) is 0. The lowest BCUT2D eigenvalue weighted by molar-refractivity contribution is 0.415. The van der Waals surface area contributed by atoms with E-state index >= 15 is 0 Å². The number of benzene rings is 8. The first-order valence-electron chi connectivity index (χ1n) is 16.8. The van der Waals surface area contributed by atoms with Gasteiger partial charge in [0.1, 0.15) is 34.6 Å². The van der Waals surface area contributed by atoms with Crippen LogP contribution in [0.5, 0.6) is 23.0 Å². The molecule has 0 N–H and O–H groups in total. The Bertz CT molecular complexity index is 2410. The summed E-state index contributed by atoms with van der Waals surface area (Å²) in [5.41, 5.74) is 7.34. The molecule has 8 aromatic rings. The Labute approximate surface area is 300 Å². The van der Waals surface area contributed by atoms with Crippen LogP contribution >= 0.6 is 0 Å². The molecule has 0 heterocycles. The maximum absolute atomic E-state index is 14.6. The van der Waals surface area contributed by atoms with Crippen molar-refractivity contribution in [2.45, 2.75) is 0 Å². The van der Waals surface area contributed by atoms with Crippen LogP contribution in [-0.4, -0.2) is 28.4 Å². The third-order valence-corrected chi connectivity index (χ3v) is 9.80. The Morgan fingerprint density at radius 1 is 0.308 bits per heavy atom. The molecule has 0 aromatic heterocycles. The van der Waals surface area contributed by atoms with E-state index in [9.17, 15) is 8.78 Å². The summed E-state index contributed by atoms with van der Waals surface area (Å²) < 4.78 is 52.0. The van der Waals surface area contributed by atoms with E-state index < -0.39 is 0 Å². The zero-order valence-electron chi connectivity index (χ0n) is 29.1. The number of fused-ring (bicyclic) bond motifs is 3. The maximum Gasteiger partial charge on any atom is 0.123 e. The van der Waals surface area contributed by atoms with E-state index in [0.717, 1.165) is 88.3 Å². The van der Waals surface area contributed by atoms with Gasteiger partial charge in [-0.15, -0.1) is 0 Å². The highest BCUT2D eigenvalue weighted by Crippen LogP contribution is 2.54. The summed E-state index contributed by atoms with van der Waals surface area (Å²) in [5.74, 6) is 2.18. The quantitative estimate of drug-likeness (QED) is 0.149. The molecular weight excluding hydrogens is 654 g/mol. The van der Waals surface area contributed by atoms with Crippen molar-refractivity contribution in [3.63, 3.8) is 0 Å². The van der Waals surface area contributed by atoms with Gasteiger partial charge in [0.15, 0.2) is 0 Å². The predicted octanol–water partition coefficient (Wildman–Crippen LogP) is 12.1. The van der Waals surface area contributed by atoms with Crippen LogP contribution < -0.4 is 18.9 Å². The van der Waals surface area contributed by atoms with Crippen molar-refractivity contribution in [2.24, 2.45) is 0 Å². The smallest absolute Gasteiger partial charge is 0.123 e. The van der Waals surface area contributed by atoms with Crippen molar-refractivity contribution in [2.75, 3.05) is 28.4 Å². The summed E-state index contributed by atoms with van der Waals surface area (Å²) in [6, 6.07) is 41.5. The molecule has 4 nitrogen and oxygen atoms in total. The van der Waals surface area contributed by atoms with Crippen LogP contribution in [0.25, 0.3) is 76.8 Å². The summed E-state index contributed by atoms with van der Waals surface area (Å²) >= 11 is 0. The van der Waals surface area contributed by atoms with Crippen molar-refractivity contribution in [1.82, 2.24) is 0 Å². The number of rotatable bonds is 8. The second kappa shape index (κ2) is 13.4. The first-order valence-corrected chi connectivity index (χ1v) is 16.8. The maximum atomic E-state index is 14.6. The molecule has 0 unspecified atom stereocenters. The van der Waals surface area contributed by atoms with Gasteiger partial charge in [-0.2, -0.15) is 0 Å². The lowest BCUT2D eigenvalue weighted by Gasteiger charge is -2.26. The Morgan fingerprint density at radius 3 is 0.885 bits per heavy atom. The normalized spacial score (nSPS) is 11.3. The average Bonchev–Trinajstić information content (AvgIpc) is 3.19. The van der Waals surface area contributed by atoms with Crippen LogP contribution in [0.15, 0.2) is 133 Å². The zero-order valence-corrected chi connectivity index (χ0v) is 29.1. The van der Waals surface area contributed by atoms with Crippen molar-refractivity contribution in [3.8, 4) is 67.5 Å². The third kappa shape index (κ3) is 5.53. The molecular formula is C46H34F2O4. The fraction of sp³-hybridized carbons (Fsp3) is 0.0870. The molecule has 0 bridgehead atoms. The minimum absolute atomic E-state index is 0.329. The monoisotopic (exact) mass is 688 g/mol. The molecule has 8 rings (SSSR count). The molecule has 0 fully saturated rings. The van der Waals surface area contributed by atoms with Crippen LogP contribution in [0.1, 0.15) is 0 Å². The molecule has 8 aromatic carbocycles. The average molecular weight is 689 g/mol. The molecule has 0 aliphatic rings. The first kappa shape index (κ1) is 32.8. The second-order valence-electron chi connectivity index (χ2n) is 12.5. The van der Waals surface area contributed by atoms with E-state index in [0.29, 0.717) is 11.5 Å². The molecule has 6 heteroatoms. The zero-order chi connectivity index (χ0) is 35.9. The Kier molecular flexibility index (Phi) is 8.44. The molecule has 0 amide bonds. The molecule has 0 atom stereocenters. The van der Waals surface area contributed by atoms with Gasteiger partial charge in [-0.3, -0.25) is 0 Å². The molecule has 0 radical (unpaired) electrons. The fourth-order valence-electron chi connectivity index (χ4n) is 7.39. The van der Waals surface area contributed by atoms with E-state index in [-0.39, 0.29) is 11.6 Å². The van der Waals surface area contributed by atoms with Crippen LogP contribution in [0.3, 0.4) is 0 Å². The van der Waals surface area contributed by atoms with E-state index in [1.54, 1.807) is 28.4 Å². The Morgan fingerprint density at radius 2 is 0.577 bits per heavy atom. The van der Waals surface area contributed by atoms with Gasteiger partial charge < -0.3 is 18.9 Å². The molecule has 256 valence electrons. The molecule has 0 saturated heterocycles. The van der Waals surface area contributed by atoms with Gasteiger partial charge in [0.05, 0.1) is 28.4 Å². The number of halogens is 2. The Hall–Kier alpha value is -6.40. The SMILES string of the molecule is COc1ccc(-c2c3ccc(OC)cc3c(-c3ccc(F)cc3)c3c(-c4ccc(OC)cc4)c4ccc(OC)cc4c(-c4ccc(F)cc4)c23)cc1. The van der Waals surface area contributed by atoms with Crippen LogP contribution in [-0.2, 0) is 0 Å². The van der Waals surface area contributed by atoms with Crippen molar-refractivity contribution >= 4 is 32.3 Å². The minimum atomic E-state index is -0.329. The second-order valence-corrected chi connectivity index (χ2v) is 12.5. The minimum Gasteiger partial charge on any atom is -0.497 e. The van der Waals surface area contributed by atoms with Gasteiger partial charge in [0.2, 0.25) is 0 Å².